The van der Waals surface area contributed by atoms with E-state index < -0.39 is 29.9 Å². The molecule has 1 aromatic rings. The highest BCUT2D eigenvalue weighted by Gasteiger charge is 2.29. The third-order valence-electron chi connectivity index (χ3n) is 2.88. The van der Waals surface area contributed by atoms with Crippen LogP contribution in [-0.2, 0) is 14.4 Å². The number of nitrogens with one attached hydrogen (secondary N) is 2. The van der Waals surface area contributed by atoms with Gasteiger partial charge in [0.05, 0.1) is 0 Å². The van der Waals surface area contributed by atoms with Gasteiger partial charge in [0, 0.05) is 0 Å². The topological polar surface area (TPSA) is 116 Å². The van der Waals surface area contributed by atoms with Gasteiger partial charge in [-0.1, -0.05) is 30.3 Å². The number of imide groups is 1. The minimum Gasteiger partial charge on any atom is -0.479 e. The molecule has 0 bridgehead atoms. The third kappa shape index (κ3) is 3.56. The molecule has 1 aromatic carbocycles. The minimum absolute atomic E-state index is 0.293. The van der Waals surface area contributed by atoms with Crippen LogP contribution in [0.2, 0.25) is 0 Å². The van der Waals surface area contributed by atoms with E-state index in [9.17, 15) is 24.3 Å². The molecule has 2 rings (SSSR count). The minimum atomic E-state index is -1.25. The van der Waals surface area contributed by atoms with Crippen molar-refractivity contribution < 1.29 is 24.3 Å². The molecule has 1 aliphatic rings. The van der Waals surface area contributed by atoms with Gasteiger partial charge in [0.15, 0.2) is 6.04 Å². The Morgan fingerprint density at radius 1 is 1.14 bits per heavy atom. The Hall–Kier alpha value is -2.90. The number of amides is 4. The molecule has 1 heterocycles. The number of carboxylic acids is 1. The lowest BCUT2D eigenvalue weighted by Gasteiger charge is -2.27. The number of urea groups is 1. The van der Waals surface area contributed by atoms with Crippen molar-refractivity contribution in [2.24, 2.45) is 0 Å². The summed E-state index contributed by atoms with van der Waals surface area (Å²) in [6, 6.07) is 6.11. The molecule has 0 spiro atoms. The van der Waals surface area contributed by atoms with Gasteiger partial charge < -0.3 is 15.3 Å². The van der Waals surface area contributed by atoms with Crippen LogP contribution in [0.3, 0.4) is 0 Å². The van der Waals surface area contributed by atoms with Gasteiger partial charge in [-0.2, -0.15) is 0 Å². The van der Waals surface area contributed by atoms with Crippen LogP contribution in [0.1, 0.15) is 11.6 Å². The predicted octanol–water partition coefficient (Wildman–Crippen LogP) is -0.520. The number of hydrogen-bond donors (Lipinski definition) is 3. The fourth-order valence-electron chi connectivity index (χ4n) is 1.93. The summed E-state index contributed by atoms with van der Waals surface area (Å²) in [6.45, 7) is -0.586. The lowest BCUT2D eigenvalue weighted by atomic mass is 10.1. The second-order valence-corrected chi connectivity index (χ2v) is 4.46. The van der Waals surface area contributed by atoms with Crippen molar-refractivity contribution in [2.75, 3.05) is 13.1 Å². The van der Waals surface area contributed by atoms with Gasteiger partial charge in [0.2, 0.25) is 11.8 Å². The normalized spacial score (nSPS) is 16.1. The first-order valence-corrected chi connectivity index (χ1v) is 6.13. The van der Waals surface area contributed by atoms with Crippen molar-refractivity contribution in [3.8, 4) is 0 Å². The summed E-state index contributed by atoms with van der Waals surface area (Å²) in [7, 11) is 0. The molecule has 0 unspecified atom stereocenters. The maximum atomic E-state index is 12.0. The molecule has 8 nitrogen and oxygen atoms in total. The first kappa shape index (κ1) is 14.5. The molecular weight excluding hydrogens is 278 g/mol. The largest absolute Gasteiger partial charge is 0.479 e. The van der Waals surface area contributed by atoms with E-state index in [2.05, 4.69) is 10.6 Å². The molecule has 8 heteroatoms. The van der Waals surface area contributed by atoms with Gasteiger partial charge in [-0.15, -0.1) is 0 Å². The molecule has 1 atom stereocenters. The van der Waals surface area contributed by atoms with Gasteiger partial charge in [-0.05, 0) is 5.56 Å². The zero-order valence-electron chi connectivity index (χ0n) is 10.9. The monoisotopic (exact) mass is 291 g/mol. The highest BCUT2D eigenvalue weighted by Crippen LogP contribution is 2.13. The van der Waals surface area contributed by atoms with E-state index in [1.165, 1.54) is 0 Å². The highest BCUT2D eigenvalue weighted by atomic mass is 16.4. The number of rotatable bonds is 3. The smallest absolute Gasteiger partial charge is 0.330 e. The first-order valence-electron chi connectivity index (χ1n) is 6.13. The van der Waals surface area contributed by atoms with Gasteiger partial charge in [-0.25, -0.2) is 9.59 Å². The van der Waals surface area contributed by atoms with Crippen molar-refractivity contribution in [2.45, 2.75) is 6.04 Å². The van der Waals surface area contributed by atoms with Crippen molar-refractivity contribution in [3.05, 3.63) is 35.9 Å². The van der Waals surface area contributed by atoms with E-state index >= 15 is 0 Å². The number of aliphatic carboxylic acids is 1. The van der Waals surface area contributed by atoms with E-state index in [4.69, 9.17) is 0 Å². The predicted molar refractivity (Wildman–Crippen MR) is 70.1 cm³/mol. The van der Waals surface area contributed by atoms with Crippen LogP contribution in [-0.4, -0.2) is 46.9 Å². The van der Waals surface area contributed by atoms with Crippen LogP contribution in [0, 0.1) is 0 Å². The SMILES string of the molecule is O=C1CN(C(=O)N[C@H](C(=O)O)c2ccccc2)CC(=O)N1. The second kappa shape index (κ2) is 6.04. The zero-order valence-corrected chi connectivity index (χ0v) is 10.9. The molecule has 0 radical (unpaired) electrons. The molecule has 1 aliphatic heterocycles. The summed E-state index contributed by atoms with van der Waals surface area (Å²) in [5.74, 6) is -2.44. The molecule has 1 fully saturated rings. The van der Waals surface area contributed by atoms with Gasteiger partial charge >= 0.3 is 12.0 Å². The van der Waals surface area contributed by atoms with Crippen LogP contribution < -0.4 is 10.6 Å². The van der Waals surface area contributed by atoms with Crippen LogP contribution in [0.5, 0.6) is 0 Å². The van der Waals surface area contributed by atoms with E-state index in [-0.39, 0.29) is 13.1 Å². The molecule has 4 amide bonds. The summed E-state index contributed by atoms with van der Waals surface area (Å²) >= 11 is 0. The highest BCUT2D eigenvalue weighted by molar-refractivity contribution is 6.02. The van der Waals surface area contributed by atoms with E-state index in [0.717, 1.165) is 4.90 Å². The fourth-order valence-corrected chi connectivity index (χ4v) is 1.93. The van der Waals surface area contributed by atoms with Crippen LogP contribution in [0.25, 0.3) is 0 Å². The summed E-state index contributed by atoms with van der Waals surface area (Å²) in [4.78, 5) is 46.6. The molecular formula is C13H13N3O5. The maximum Gasteiger partial charge on any atom is 0.330 e. The Labute approximate surface area is 119 Å². The lowest BCUT2D eigenvalue weighted by Crippen LogP contribution is -2.56. The van der Waals surface area contributed by atoms with Crippen molar-refractivity contribution >= 4 is 23.8 Å². The lowest BCUT2D eigenvalue weighted by molar-refractivity contribution is -0.139. The van der Waals surface area contributed by atoms with E-state index in [1.54, 1.807) is 30.3 Å². The summed E-state index contributed by atoms with van der Waals surface area (Å²) < 4.78 is 0. The number of carboxylic acid groups (broad SMARTS) is 1. The van der Waals surface area contributed by atoms with E-state index in [1.807, 2.05) is 0 Å². The number of carbonyl (C=O) groups is 4. The van der Waals surface area contributed by atoms with Crippen molar-refractivity contribution in [3.63, 3.8) is 0 Å². The van der Waals surface area contributed by atoms with E-state index in [0.29, 0.717) is 5.56 Å². The second-order valence-electron chi connectivity index (χ2n) is 4.46. The van der Waals surface area contributed by atoms with Crippen LogP contribution >= 0.6 is 0 Å². The van der Waals surface area contributed by atoms with Crippen molar-refractivity contribution in [1.82, 2.24) is 15.5 Å². The van der Waals surface area contributed by atoms with Crippen LogP contribution in [0.15, 0.2) is 30.3 Å². The number of piperazine rings is 1. The zero-order chi connectivity index (χ0) is 15.4. The fraction of sp³-hybridized carbons (Fsp3) is 0.231. The van der Waals surface area contributed by atoms with Crippen LogP contribution in [0.4, 0.5) is 4.79 Å². The molecule has 21 heavy (non-hydrogen) atoms. The summed E-state index contributed by atoms with van der Waals surface area (Å²) in [5.41, 5.74) is 0.395. The molecule has 110 valence electrons. The Balaban J connectivity index is 2.10. The average Bonchev–Trinajstić information content (AvgIpc) is 2.44. The third-order valence-corrected chi connectivity index (χ3v) is 2.88. The Bertz CT molecular complexity index is 571. The summed E-state index contributed by atoms with van der Waals surface area (Å²) in [6.07, 6.45) is 0. The molecule has 1 saturated heterocycles. The number of carbonyl (C=O) groups excluding carboxylic acids is 3. The Morgan fingerprint density at radius 3 is 2.24 bits per heavy atom. The standard InChI is InChI=1S/C13H13N3O5/c17-9-6-16(7-10(18)14-9)13(21)15-11(12(19)20)8-4-2-1-3-5-8/h1-5,11H,6-7H2,(H,15,21)(H,19,20)(H,14,17,18)/t11-/m0/s1. The van der Waals surface area contributed by atoms with Crippen molar-refractivity contribution in [1.29, 1.82) is 0 Å². The Kier molecular flexibility index (Phi) is 4.17. The Morgan fingerprint density at radius 2 is 1.71 bits per heavy atom. The molecule has 3 N–H and O–H groups in total. The molecule has 0 aliphatic carbocycles. The molecule has 0 aromatic heterocycles. The first-order chi connectivity index (χ1) is 9.97. The number of benzene rings is 1. The summed E-state index contributed by atoms with van der Waals surface area (Å²) in [5, 5.41) is 13.6. The molecule has 0 saturated carbocycles. The number of hydrogen-bond acceptors (Lipinski definition) is 4. The quantitative estimate of drug-likeness (QED) is 0.648. The average molecular weight is 291 g/mol. The van der Waals surface area contributed by atoms with Gasteiger partial charge in [0.25, 0.3) is 0 Å². The van der Waals surface area contributed by atoms with Gasteiger partial charge in [0.1, 0.15) is 13.1 Å². The van der Waals surface area contributed by atoms with Gasteiger partial charge in [-0.3, -0.25) is 14.9 Å². The number of nitrogens with zero attached hydrogens (tertiary/aromatic N) is 1. The maximum absolute atomic E-state index is 12.0.